The highest BCUT2D eigenvalue weighted by Crippen LogP contribution is 1.93. The topological polar surface area (TPSA) is 116 Å². The third kappa shape index (κ3) is 5.38. The second-order valence-corrected chi connectivity index (χ2v) is 4.08. The van der Waals surface area contributed by atoms with Crippen LogP contribution in [0.1, 0.15) is 12.0 Å². The molecule has 8 heteroatoms. The highest BCUT2D eigenvalue weighted by molar-refractivity contribution is 5.82. The number of rotatable bonds is 7. The number of aliphatic hydroxyl groups excluding tert-OH is 1. The van der Waals surface area contributed by atoms with E-state index in [1.54, 1.807) is 10.9 Å². The quantitative estimate of drug-likeness (QED) is 0.524. The Morgan fingerprint density at radius 1 is 1.53 bits per heavy atom. The number of nitrogens with one attached hydrogen (secondary N) is 2. The first-order chi connectivity index (χ1) is 9.02. The van der Waals surface area contributed by atoms with E-state index in [0.717, 1.165) is 5.56 Å². The van der Waals surface area contributed by atoms with Gasteiger partial charge in [-0.15, -0.1) is 0 Å². The number of carbonyl (C=O) groups excluding carboxylic acids is 1. The molecule has 1 aromatic heterocycles. The van der Waals surface area contributed by atoms with E-state index in [1.165, 1.54) is 0 Å². The number of carbonyl (C=O) groups is 2. The summed E-state index contributed by atoms with van der Waals surface area (Å²) in [4.78, 5) is 22.2. The zero-order chi connectivity index (χ0) is 14.3. The molecule has 1 aromatic rings. The van der Waals surface area contributed by atoms with Crippen LogP contribution in [0, 0.1) is 6.92 Å². The van der Waals surface area contributed by atoms with Gasteiger partial charge in [0.2, 0.25) is 0 Å². The van der Waals surface area contributed by atoms with Crippen molar-refractivity contribution in [2.45, 2.75) is 25.9 Å². The summed E-state index contributed by atoms with van der Waals surface area (Å²) in [6, 6.07) is -1.67. The highest BCUT2D eigenvalue weighted by atomic mass is 16.4. The minimum Gasteiger partial charge on any atom is -0.480 e. The molecule has 1 heterocycles. The van der Waals surface area contributed by atoms with Crippen LogP contribution in [0.5, 0.6) is 0 Å². The van der Waals surface area contributed by atoms with Gasteiger partial charge in [-0.2, -0.15) is 5.10 Å². The lowest BCUT2D eigenvalue weighted by Crippen LogP contribution is -2.47. The number of aryl methyl sites for hydroxylation is 1. The molecule has 0 radical (unpaired) electrons. The average Bonchev–Trinajstić information content (AvgIpc) is 2.74. The molecule has 106 valence electrons. The van der Waals surface area contributed by atoms with Crippen LogP contribution in [-0.4, -0.2) is 51.2 Å². The monoisotopic (exact) mass is 270 g/mol. The van der Waals surface area contributed by atoms with Crippen molar-refractivity contribution in [3.8, 4) is 0 Å². The maximum absolute atomic E-state index is 11.4. The normalized spacial score (nSPS) is 11.9. The van der Waals surface area contributed by atoms with Crippen molar-refractivity contribution in [3.63, 3.8) is 0 Å². The molecule has 2 amide bonds. The summed E-state index contributed by atoms with van der Waals surface area (Å²) in [5, 5.41) is 26.3. The van der Waals surface area contributed by atoms with Gasteiger partial charge in [0.1, 0.15) is 6.04 Å². The van der Waals surface area contributed by atoms with E-state index in [4.69, 9.17) is 10.2 Å². The minimum absolute atomic E-state index is 0.0267. The largest absolute Gasteiger partial charge is 0.480 e. The third-order valence-electron chi connectivity index (χ3n) is 2.41. The van der Waals surface area contributed by atoms with Gasteiger partial charge in [-0.3, -0.25) is 4.68 Å². The number of hydrogen-bond acceptors (Lipinski definition) is 4. The lowest BCUT2D eigenvalue weighted by molar-refractivity contribution is -0.139. The van der Waals surface area contributed by atoms with E-state index >= 15 is 0 Å². The molecule has 0 aliphatic heterocycles. The molecule has 0 aromatic carbocycles. The molecule has 8 nitrogen and oxygen atoms in total. The van der Waals surface area contributed by atoms with Crippen molar-refractivity contribution in [2.24, 2.45) is 0 Å². The Morgan fingerprint density at radius 3 is 2.79 bits per heavy atom. The summed E-state index contributed by atoms with van der Waals surface area (Å²) in [6.45, 7) is 2.44. The molecule has 0 bridgehead atoms. The summed E-state index contributed by atoms with van der Waals surface area (Å²) in [6.07, 6.45) is 3.52. The second-order valence-electron chi connectivity index (χ2n) is 4.08. The van der Waals surface area contributed by atoms with Crippen molar-refractivity contribution in [1.29, 1.82) is 0 Å². The van der Waals surface area contributed by atoms with Crippen molar-refractivity contribution < 1.29 is 19.8 Å². The fourth-order valence-corrected chi connectivity index (χ4v) is 1.47. The molecule has 0 unspecified atom stereocenters. The summed E-state index contributed by atoms with van der Waals surface area (Å²) >= 11 is 0. The van der Waals surface area contributed by atoms with Crippen LogP contribution in [-0.2, 0) is 11.3 Å². The van der Waals surface area contributed by atoms with Crippen molar-refractivity contribution in [1.82, 2.24) is 20.4 Å². The number of aliphatic carboxylic acids is 1. The molecule has 0 spiro atoms. The van der Waals surface area contributed by atoms with E-state index in [0.29, 0.717) is 13.1 Å². The number of aromatic nitrogens is 2. The van der Waals surface area contributed by atoms with Crippen molar-refractivity contribution in [2.75, 3.05) is 13.2 Å². The van der Waals surface area contributed by atoms with Crippen LogP contribution in [0.15, 0.2) is 12.4 Å². The Bertz CT molecular complexity index is 432. The molecule has 0 aliphatic carbocycles. The number of amides is 2. The maximum atomic E-state index is 11.4. The number of carboxylic acid groups (broad SMARTS) is 1. The van der Waals surface area contributed by atoms with Gasteiger partial charge in [0, 0.05) is 25.8 Å². The van der Waals surface area contributed by atoms with E-state index in [9.17, 15) is 9.59 Å². The minimum atomic E-state index is -1.17. The first-order valence-electron chi connectivity index (χ1n) is 5.90. The van der Waals surface area contributed by atoms with Gasteiger partial charge in [-0.05, 0) is 12.5 Å². The summed E-state index contributed by atoms with van der Waals surface area (Å²) < 4.78 is 1.68. The highest BCUT2D eigenvalue weighted by Gasteiger charge is 2.18. The van der Waals surface area contributed by atoms with Gasteiger partial charge in [0.25, 0.3) is 0 Å². The van der Waals surface area contributed by atoms with Crippen LogP contribution in [0.3, 0.4) is 0 Å². The SMILES string of the molecule is Cc1cnn(CCNC(=O)N[C@H](CCO)C(=O)O)c1. The molecular weight excluding hydrogens is 252 g/mol. The Balaban J connectivity index is 2.28. The zero-order valence-corrected chi connectivity index (χ0v) is 10.7. The Hall–Kier alpha value is -2.09. The van der Waals surface area contributed by atoms with Crippen LogP contribution in [0.4, 0.5) is 4.79 Å². The van der Waals surface area contributed by atoms with Crippen molar-refractivity contribution in [3.05, 3.63) is 18.0 Å². The number of carboxylic acids is 1. The molecular formula is C11H18N4O4. The standard InChI is InChI=1S/C11H18N4O4/c1-8-6-13-15(7-8)4-3-12-11(19)14-9(2-5-16)10(17)18/h6-7,9,16H,2-5H2,1H3,(H,17,18)(H2,12,14,19)/t9-/m1/s1. The van der Waals surface area contributed by atoms with Crippen LogP contribution in [0.25, 0.3) is 0 Å². The molecule has 19 heavy (non-hydrogen) atoms. The first kappa shape index (κ1) is 15.0. The van der Waals surface area contributed by atoms with Crippen LogP contribution >= 0.6 is 0 Å². The van der Waals surface area contributed by atoms with Gasteiger partial charge >= 0.3 is 12.0 Å². The first-order valence-corrected chi connectivity index (χ1v) is 5.90. The zero-order valence-electron chi connectivity index (χ0n) is 10.7. The molecule has 1 rings (SSSR count). The van der Waals surface area contributed by atoms with Crippen LogP contribution in [0.2, 0.25) is 0 Å². The molecule has 0 fully saturated rings. The summed E-state index contributed by atoms with van der Waals surface area (Å²) in [5.41, 5.74) is 1.03. The fraction of sp³-hybridized carbons (Fsp3) is 0.545. The van der Waals surface area contributed by atoms with E-state index < -0.39 is 18.0 Å². The Labute approximate surface area is 110 Å². The van der Waals surface area contributed by atoms with Gasteiger partial charge in [0.15, 0.2) is 0 Å². The average molecular weight is 270 g/mol. The predicted molar refractivity (Wildman–Crippen MR) is 66.6 cm³/mol. The molecule has 0 saturated heterocycles. The van der Waals surface area contributed by atoms with E-state index in [2.05, 4.69) is 15.7 Å². The summed E-state index contributed by atoms with van der Waals surface area (Å²) in [7, 11) is 0. The van der Waals surface area contributed by atoms with Crippen LogP contribution < -0.4 is 10.6 Å². The number of aliphatic hydroxyl groups is 1. The predicted octanol–water partition coefficient (Wildman–Crippen LogP) is -0.674. The van der Waals surface area contributed by atoms with Gasteiger partial charge in [-0.1, -0.05) is 0 Å². The molecule has 4 N–H and O–H groups in total. The number of urea groups is 1. The number of hydrogen-bond donors (Lipinski definition) is 4. The fourth-order valence-electron chi connectivity index (χ4n) is 1.47. The number of nitrogens with zero attached hydrogens (tertiary/aromatic N) is 2. The van der Waals surface area contributed by atoms with Gasteiger partial charge in [0.05, 0.1) is 12.7 Å². The lowest BCUT2D eigenvalue weighted by Gasteiger charge is -2.13. The Kier molecular flexibility index (Phi) is 5.80. The second kappa shape index (κ2) is 7.37. The van der Waals surface area contributed by atoms with E-state index in [1.807, 2.05) is 13.1 Å². The lowest BCUT2D eigenvalue weighted by atomic mass is 10.2. The smallest absolute Gasteiger partial charge is 0.326 e. The van der Waals surface area contributed by atoms with E-state index in [-0.39, 0.29) is 13.0 Å². The van der Waals surface area contributed by atoms with Gasteiger partial charge < -0.3 is 20.8 Å². The molecule has 0 saturated carbocycles. The third-order valence-corrected chi connectivity index (χ3v) is 2.41. The molecule has 1 atom stereocenters. The summed E-state index contributed by atoms with van der Waals surface area (Å²) in [5.74, 6) is -1.17. The maximum Gasteiger partial charge on any atom is 0.326 e. The molecule has 0 aliphatic rings. The van der Waals surface area contributed by atoms with Gasteiger partial charge in [-0.25, -0.2) is 9.59 Å². The Morgan fingerprint density at radius 2 is 2.26 bits per heavy atom. The van der Waals surface area contributed by atoms with Crippen molar-refractivity contribution >= 4 is 12.0 Å².